The minimum Gasteiger partial charge on any atom is -0.455 e. The van der Waals surface area contributed by atoms with Crippen molar-refractivity contribution in [3.05, 3.63) is 65.6 Å². The summed E-state index contributed by atoms with van der Waals surface area (Å²) in [5, 5.41) is 0.670. The van der Waals surface area contributed by atoms with Gasteiger partial charge in [0.25, 0.3) is 0 Å². The topological polar surface area (TPSA) is 39.2 Å². The Morgan fingerprint density at radius 2 is 1.80 bits per heavy atom. The van der Waals surface area contributed by atoms with Crippen molar-refractivity contribution >= 4 is 16.7 Å². The van der Waals surface area contributed by atoms with Crippen molar-refractivity contribution in [2.75, 3.05) is 0 Å². The molecule has 0 aliphatic heterocycles. The van der Waals surface area contributed by atoms with Crippen molar-refractivity contribution in [3.63, 3.8) is 0 Å². The Morgan fingerprint density at radius 1 is 1.08 bits per heavy atom. The van der Waals surface area contributed by atoms with Gasteiger partial charge in [0.1, 0.15) is 28.6 Å². The van der Waals surface area contributed by atoms with Crippen molar-refractivity contribution in [2.24, 2.45) is 0 Å². The van der Waals surface area contributed by atoms with Crippen LogP contribution in [0.25, 0.3) is 10.9 Å². The molecule has 0 bridgehead atoms. The molecule has 128 valence electrons. The summed E-state index contributed by atoms with van der Waals surface area (Å²) in [6.07, 6.45) is 0. The number of rotatable bonds is 4. The molecule has 0 aliphatic rings. The van der Waals surface area contributed by atoms with Crippen molar-refractivity contribution < 1.29 is 13.9 Å². The van der Waals surface area contributed by atoms with Gasteiger partial charge in [0.15, 0.2) is 0 Å². The molecule has 25 heavy (non-hydrogen) atoms. The van der Waals surface area contributed by atoms with Crippen LogP contribution in [-0.2, 0) is 10.2 Å². The van der Waals surface area contributed by atoms with Gasteiger partial charge in [-0.1, -0.05) is 30.3 Å². The molecular formula is C21H20FNO2. The fourth-order valence-electron chi connectivity index (χ4n) is 2.72. The monoisotopic (exact) mass is 337 g/mol. The highest BCUT2D eigenvalue weighted by atomic mass is 19.1. The zero-order valence-corrected chi connectivity index (χ0v) is 14.8. The second-order valence-electron chi connectivity index (χ2n) is 6.66. The lowest BCUT2D eigenvalue weighted by molar-refractivity contribution is -0.121. The number of carbonyl (C=O) groups excluding carboxylic acids is 1. The molecule has 3 nitrogen and oxygen atoms in total. The molecule has 3 aromatic rings. The predicted molar refractivity (Wildman–Crippen MR) is 96.7 cm³/mol. The fraction of sp³-hybridized carbons (Fsp3) is 0.238. The number of hydrogen-bond acceptors (Lipinski definition) is 3. The average molecular weight is 337 g/mol. The van der Waals surface area contributed by atoms with Gasteiger partial charge in [-0.25, -0.2) is 9.37 Å². The molecule has 0 unspecified atom stereocenters. The van der Waals surface area contributed by atoms with Crippen molar-refractivity contribution in [1.29, 1.82) is 0 Å². The summed E-state index contributed by atoms with van der Waals surface area (Å²) in [5.74, 6) is 0.845. The largest absolute Gasteiger partial charge is 0.455 e. The average Bonchev–Trinajstić information content (AvgIpc) is 2.57. The van der Waals surface area contributed by atoms with E-state index < -0.39 is 5.41 Å². The van der Waals surface area contributed by atoms with Gasteiger partial charge < -0.3 is 4.74 Å². The number of aryl methyl sites for hydroxylation is 1. The Hall–Kier alpha value is -2.75. The van der Waals surface area contributed by atoms with Gasteiger partial charge in [0.2, 0.25) is 0 Å². The minimum atomic E-state index is -0.666. The molecule has 3 rings (SSSR count). The van der Waals surface area contributed by atoms with E-state index in [0.29, 0.717) is 28.1 Å². The molecule has 0 fully saturated rings. The van der Waals surface area contributed by atoms with Gasteiger partial charge in [-0.15, -0.1) is 0 Å². The normalized spacial score (nSPS) is 11.6. The van der Waals surface area contributed by atoms with Crippen LogP contribution in [-0.4, -0.2) is 10.8 Å². The lowest BCUT2D eigenvalue weighted by Gasteiger charge is -2.24. The molecular weight excluding hydrogens is 317 g/mol. The first-order valence-electron chi connectivity index (χ1n) is 8.15. The molecule has 1 aromatic heterocycles. The first kappa shape index (κ1) is 17.1. The smallest absolute Gasteiger partial charge is 0.149 e. The van der Waals surface area contributed by atoms with Gasteiger partial charge >= 0.3 is 0 Å². The van der Waals surface area contributed by atoms with E-state index in [4.69, 9.17) is 4.74 Å². The summed E-state index contributed by atoms with van der Waals surface area (Å²) in [6.45, 7) is 7.10. The Kier molecular flexibility index (Phi) is 4.29. The van der Waals surface area contributed by atoms with Crippen LogP contribution < -0.4 is 4.74 Å². The van der Waals surface area contributed by atoms with Crippen LogP contribution in [0.2, 0.25) is 0 Å². The third-order valence-electron chi connectivity index (χ3n) is 4.60. The first-order valence-corrected chi connectivity index (χ1v) is 8.15. The second kappa shape index (κ2) is 6.28. The predicted octanol–water partition coefficient (Wildman–Crippen LogP) is 5.34. The van der Waals surface area contributed by atoms with E-state index in [2.05, 4.69) is 4.98 Å². The van der Waals surface area contributed by atoms with E-state index in [1.165, 1.54) is 6.07 Å². The summed E-state index contributed by atoms with van der Waals surface area (Å²) in [6, 6.07) is 14.1. The second-order valence-corrected chi connectivity index (χ2v) is 6.66. The first-order chi connectivity index (χ1) is 11.8. The zero-order chi connectivity index (χ0) is 18.2. The number of nitrogens with zero attached hydrogens (tertiary/aromatic N) is 1. The molecule has 0 saturated heterocycles. The highest BCUT2D eigenvalue weighted by Crippen LogP contribution is 2.36. The number of pyridine rings is 1. The molecule has 0 N–H and O–H groups in total. The molecule has 0 saturated carbocycles. The number of fused-ring (bicyclic) bond motifs is 1. The molecule has 0 amide bonds. The summed E-state index contributed by atoms with van der Waals surface area (Å²) in [5.41, 5.74) is 1.06. The van der Waals surface area contributed by atoms with Crippen LogP contribution in [0.15, 0.2) is 48.5 Å². The van der Waals surface area contributed by atoms with E-state index >= 15 is 0 Å². The third-order valence-corrected chi connectivity index (χ3v) is 4.60. The minimum absolute atomic E-state index is 0.0546. The Morgan fingerprint density at radius 3 is 2.52 bits per heavy atom. The maximum Gasteiger partial charge on any atom is 0.149 e. The van der Waals surface area contributed by atoms with E-state index in [-0.39, 0.29) is 11.6 Å². The summed E-state index contributed by atoms with van der Waals surface area (Å²) in [7, 11) is 0. The van der Waals surface area contributed by atoms with Crippen LogP contribution in [0.1, 0.15) is 32.0 Å². The van der Waals surface area contributed by atoms with Crippen LogP contribution in [0.4, 0.5) is 4.39 Å². The molecule has 0 atom stereocenters. The molecule has 1 heterocycles. The maximum atomic E-state index is 13.9. The molecule has 2 aromatic carbocycles. The molecule has 0 radical (unpaired) electrons. The van der Waals surface area contributed by atoms with Crippen LogP contribution in [0, 0.1) is 12.7 Å². The Bertz CT molecular complexity index is 963. The summed E-state index contributed by atoms with van der Waals surface area (Å²) >= 11 is 0. The van der Waals surface area contributed by atoms with Crippen molar-refractivity contribution in [1.82, 2.24) is 4.98 Å². The van der Waals surface area contributed by atoms with E-state index in [0.717, 1.165) is 5.56 Å². The quantitative estimate of drug-likeness (QED) is 0.645. The molecule has 4 heteroatoms. The number of para-hydroxylation sites is 2. The number of benzene rings is 2. The number of aromatic nitrogens is 1. The highest BCUT2D eigenvalue weighted by Gasteiger charge is 2.29. The molecule has 0 aliphatic carbocycles. The van der Waals surface area contributed by atoms with Gasteiger partial charge in [-0.2, -0.15) is 0 Å². The number of ketones is 1. The number of carbonyl (C=O) groups is 1. The SMILES string of the molecule is CC(=O)C(C)(C)c1ccccc1Oc1cc2cccc(F)c2nc1C. The van der Waals surface area contributed by atoms with Gasteiger partial charge in [0, 0.05) is 10.9 Å². The third kappa shape index (κ3) is 3.12. The van der Waals surface area contributed by atoms with E-state index in [9.17, 15) is 9.18 Å². The Balaban J connectivity index is 2.09. The van der Waals surface area contributed by atoms with Gasteiger partial charge in [0.05, 0.1) is 11.1 Å². The van der Waals surface area contributed by atoms with Gasteiger partial charge in [-0.3, -0.25) is 4.79 Å². The lowest BCUT2D eigenvalue weighted by Crippen LogP contribution is -2.26. The number of hydrogen-bond donors (Lipinski definition) is 0. The van der Waals surface area contributed by atoms with Crippen LogP contribution >= 0.6 is 0 Å². The van der Waals surface area contributed by atoms with Gasteiger partial charge in [-0.05, 0) is 45.9 Å². The summed E-state index contributed by atoms with van der Waals surface area (Å²) in [4.78, 5) is 16.4. The molecule has 0 spiro atoms. The zero-order valence-electron chi connectivity index (χ0n) is 14.8. The van der Waals surface area contributed by atoms with E-state index in [1.54, 1.807) is 32.0 Å². The van der Waals surface area contributed by atoms with Crippen LogP contribution in [0.5, 0.6) is 11.5 Å². The van der Waals surface area contributed by atoms with Crippen molar-refractivity contribution in [3.8, 4) is 11.5 Å². The number of Topliss-reactive ketones (excluding diaryl/α,β-unsaturated/α-hetero) is 1. The van der Waals surface area contributed by atoms with Crippen LogP contribution in [0.3, 0.4) is 0 Å². The lowest BCUT2D eigenvalue weighted by atomic mass is 9.81. The van der Waals surface area contributed by atoms with Crippen molar-refractivity contribution in [2.45, 2.75) is 33.1 Å². The number of halogens is 1. The summed E-state index contributed by atoms with van der Waals surface area (Å²) < 4.78 is 20.0. The Labute approximate surface area is 146 Å². The van der Waals surface area contributed by atoms with E-state index in [1.807, 2.05) is 38.1 Å². The fourth-order valence-corrected chi connectivity index (χ4v) is 2.72. The number of ether oxygens (including phenoxy) is 1. The maximum absolute atomic E-state index is 13.9. The highest BCUT2D eigenvalue weighted by molar-refractivity contribution is 5.88. The standard InChI is InChI=1S/C21H20FNO2/c1-13-19(12-15-8-7-10-17(22)20(15)23-13)25-18-11-6-5-9-16(18)21(3,4)14(2)24/h5-12H,1-4H3.